The quantitative estimate of drug-likeness (QED) is 0.876. The average Bonchev–Trinajstić information content (AvgIpc) is 2.09. The molecule has 0 amide bonds. The number of aliphatic hydroxyl groups excluding tert-OH is 1. The fourth-order valence-corrected chi connectivity index (χ4v) is 1.31. The first-order valence-corrected chi connectivity index (χ1v) is 4.58. The Labute approximate surface area is 87.5 Å². The number of alkyl halides is 2. The van der Waals surface area contributed by atoms with Crippen LogP contribution in [0.4, 0.5) is 8.78 Å². The summed E-state index contributed by atoms with van der Waals surface area (Å²) in [5, 5.41) is 8.77. The lowest BCUT2D eigenvalue weighted by molar-refractivity contribution is -0.0556. The van der Waals surface area contributed by atoms with Crippen molar-refractivity contribution in [2.75, 3.05) is 6.61 Å². The lowest BCUT2D eigenvalue weighted by Gasteiger charge is -2.13. The van der Waals surface area contributed by atoms with Crippen LogP contribution in [0.15, 0.2) is 22.7 Å². The summed E-state index contributed by atoms with van der Waals surface area (Å²) in [5.41, 5.74) is -0.258. The maximum Gasteiger partial charge on any atom is 0.295 e. The van der Waals surface area contributed by atoms with Gasteiger partial charge in [-0.2, -0.15) is 8.78 Å². The van der Waals surface area contributed by atoms with Gasteiger partial charge < -0.3 is 5.11 Å². The highest BCUT2D eigenvalue weighted by atomic mass is 79.9. The predicted octanol–water partition coefficient (Wildman–Crippen LogP) is 3.19. The first kappa shape index (κ1) is 10.9. The fraction of sp³-hybridized carbons (Fsp3) is 0.250. The van der Waals surface area contributed by atoms with Gasteiger partial charge in [0, 0.05) is 10.0 Å². The number of benzene rings is 1. The van der Waals surface area contributed by atoms with Gasteiger partial charge in [-0.05, 0) is 28.1 Å². The van der Waals surface area contributed by atoms with Gasteiger partial charge >= 0.3 is 0 Å². The van der Waals surface area contributed by atoms with E-state index in [1.807, 2.05) is 0 Å². The fourth-order valence-electron chi connectivity index (χ4n) is 0.815. The van der Waals surface area contributed by atoms with E-state index in [2.05, 4.69) is 15.9 Å². The SMILES string of the molecule is OCC(F)(F)c1ccc(Cl)c(Br)c1. The van der Waals surface area contributed by atoms with E-state index < -0.39 is 12.5 Å². The van der Waals surface area contributed by atoms with Crippen molar-refractivity contribution >= 4 is 27.5 Å². The first-order valence-electron chi connectivity index (χ1n) is 3.41. The van der Waals surface area contributed by atoms with Gasteiger partial charge in [0.2, 0.25) is 0 Å². The van der Waals surface area contributed by atoms with Crippen LogP contribution in [0.1, 0.15) is 5.56 Å². The molecule has 0 fully saturated rings. The maximum absolute atomic E-state index is 12.9. The molecule has 0 radical (unpaired) electrons. The molecule has 0 aliphatic carbocycles. The Kier molecular flexibility index (Phi) is 3.27. The number of aliphatic hydroxyl groups is 1. The Hall–Kier alpha value is -0.190. The second kappa shape index (κ2) is 3.90. The minimum atomic E-state index is -3.22. The molecule has 5 heteroatoms. The summed E-state index contributed by atoms with van der Waals surface area (Å²) in [6, 6.07) is 3.73. The second-order valence-corrected chi connectivity index (χ2v) is 3.75. The third kappa shape index (κ3) is 2.39. The molecule has 1 aromatic carbocycles. The van der Waals surface area contributed by atoms with Crippen molar-refractivity contribution in [2.24, 2.45) is 0 Å². The largest absolute Gasteiger partial charge is 0.390 e. The minimum Gasteiger partial charge on any atom is -0.390 e. The highest BCUT2D eigenvalue weighted by Crippen LogP contribution is 2.32. The monoisotopic (exact) mass is 270 g/mol. The Morgan fingerprint density at radius 1 is 1.46 bits per heavy atom. The van der Waals surface area contributed by atoms with E-state index in [4.69, 9.17) is 16.7 Å². The summed E-state index contributed by atoms with van der Waals surface area (Å²) in [7, 11) is 0. The van der Waals surface area contributed by atoms with Gasteiger partial charge in [0.15, 0.2) is 0 Å². The van der Waals surface area contributed by atoms with Gasteiger partial charge in [0.05, 0.1) is 5.02 Å². The third-order valence-corrected chi connectivity index (χ3v) is 2.75. The Morgan fingerprint density at radius 2 is 2.08 bits per heavy atom. The molecule has 0 bridgehead atoms. The van der Waals surface area contributed by atoms with Crippen LogP contribution in [-0.2, 0) is 5.92 Å². The number of hydrogen-bond acceptors (Lipinski definition) is 1. The molecule has 0 aliphatic heterocycles. The molecule has 0 saturated heterocycles. The van der Waals surface area contributed by atoms with E-state index in [0.29, 0.717) is 9.50 Å². The molecule has 0 atom stereocenters. The van der Waals surface area contributed by atoms with Crippen molar-refractivity contribution in [1.29, 1.82) is 0 Å². The van der Waals surface area contributed by atoms with Gasteiger partial charge in [-0.3, -0.25) is 0 Å². The van der Waals surface area contributed by atoms with E-state index in [-0.39, 0.29) is 5.56 Å². The number of rotatable bonds is 2. The van der Waals surface area contributed by atoms with Crippen molar-refractivity contribution in [1.82, 2.24) is 0 Å². The molecule has 13 heavy (non-hydrogen) atoms. The van der Waals surface area contributed by atoms with E-state index in [9.17, 15) is 8.78 Å². The van der Waals surface area contributed by atoms with Gasteiger partial charge in [0.25, 0.3) is 5.92 Å². The summed E-state index contributed by atoms with van der Waals surface area (Å²) in [5.74, 6) is -3.22. The standard InChI is InChI=1S/C8H6BrClF2O/c9-6-3-5(1-2-7(6)10)8(11,12)4-13/h1-3,13H,4H2. The zero-order valence-corrected chi connectivity index (χ0v) is 8.74. The van der Waals surface area contributed by atoms with E-state index >= 15 is 0 Å². The van der Waals surface area contributed by atoms with Crippen LogP contribution in [0.2, 0.25) is 5.02 Å². The smallest absolute Gasteiger partial charge is 0.295 e. The molecule has 0 saturated carbocycles. The number of hydrogen-bond donors (Lipinski definition) is 1. The van der Waals surface area contributed by atoms with E-state index in [1.54, 1.807) is 0 Å². The molecule has 0 aromatic heterocycles. The number of halogens is 4. The van der Waals surface area contributed by atoms with Crippen molar-refractivity contribution in [3.63, 3.8) is 0 Å². The Bertz CT molecular complexity index is 317. The third-order valence-electron chi connectivity index (χ3n) is 1.54. The van der Waals surface area contributed by atoms with Gasteiger partial charge in [-0.1, -0.05) is 17.7 Å². The van der Waals surface area contributed by atoms with Crippen LogP contribution in [0.25, 0.3) is 0 Å². The molecule has 0 spiro atoms. The van der Waals surface area contributed by atoms with Crippen molar-refractivity contribution in [2.45, 2.75) is 5.92 Å². The highest BCUT2D eigenvalue weighted by Gasteiger charge is 2.30. The van der Waals surface area contributed by atoms with Crippen LogP contribution in [0.3, 0.4) is 0 Å². The van der Waals surface area contributed by atoms with Gasteiger partial charge in [0.1, 0.15) is 6.61 Å². The first-order chi connectivity index (χ1) is 5.97. The van der Waals surface area contributed by atoms with Crippen LogP contribution in [0.5, 0.6) is 0 Å². The summed E-state index contributed by atoms with van der Waals surface area (Å²) in [4.78, 5) is 0. The molecule has 0 aliphatic rings. The molecule has 0 unspecified atom stereocenters. The summed E-state index contributed by atoms with van der Waals surface area (Å²) in [6.45, 7) is -1.21. The topological polar surface area (TPSA) is 20.2 Å². The predicted molar refractivity (Wildman–Crippen MR) is 50.1 cm³/mol. The highest BCUT2D eigenvalue weighted by molar-refractivity contribution is 9.10. The van der Waals surface area contributed by atoms with Crippen LogP contribution < -0.4 is 0 Å². The molecule has 1 N–H and O–H groups in total. The van der Waals surface area contributed by atoms with Gasteiger partial charge in [-0.15, -0.1) is 0 Å². The van der Waals surface area contributed by atoms with E-state index in [0.717, 1.165) is 0 Å². The summed E-state index contributed by atoms with van der Waals surface area (Å²) >= 11 is 8.64. The van der Waals surface area contributed by atoms with Crippen LogP contribution >= 0.6 is 27.5 Å². The average molecular weight is 271 g/mol. The zero-order chi connectivity index (χ0) is 10.1. The second-order valence-electron chi connectivity index (χ2n) is 2.49. The zero-order valence-electron chi connectivity index (χ0n) is 6.40. The van der Waals surface area contributed by atoms with Gasteiger partial charge in [-0.25, -0.2) is 0 Å². The molecule has 0 heterocycles. The van der Waals surface area contributed by atoms with Crippen LogP contribution in [0, 0.1) is 0 Å². The molecule has 1 nitrogen and oxygen atoms in total. The lowest BCUT2D eigenvalue weighted by atomic mass is 10.1. The Balaban J connectivity index is 3.10. The molecular weight excluding hydrogens is 265 g/mol. The Morgan fingerprint density at radius 3 is 2.54 bits per heavy atom. The normalized spacial score (nSPS) is 11.8. The van der Waals surface area contributed by atoms with Crippen molar-refractivity contribution in [3.05, 3.63) is 33.3 Å². The molecule has 1 aromatic rings. The van der Waals surface area contributed by atoms with Crippen molar-refractivity contribution < 1.29 is 13.9 Å². The molecule has 1 rings (SSSR count). The molecule has 72 valence electrons. The maximum atomic E-state index is 12.9. The molecular formula is C8H6BrClF2O. The lowest BCUT2D eigenvalue weighted by Crippen LogP contribution is -2.18. The van der Waals surface area contributed by atoms with E-state index in [1.165, 1.54) is 18.2 Å². The summed E-state index contributed by atoms with van der Waals surface area (Å²) in [6.07, 6.45) is 0. The summed E-state index contributed by atoms with van der Waals surface area (Å²) < 4.78 is 26.2. The van der Waals surface area contributed by atoms with Crippen LogP contribution in [-0.4, -0.2) is 11.7 Å². The van der Waals surface area contributed by atoms with Crippen molar-refractivity contribution in [3.8, 4) is 0 Å². The minimum absolute atomic E-state index is 0.258.